The molecule has 1 atom stereocenters. The van der Waals surface area contributed by atoms with E-state index < -0.39 is 0 Å². The minimum absolute atomic E-state index is 0.380. The Labute approximate surface area is 168 Å². The number of anilines is 1. The molecular formula is C22H23N5O2. The first-order chi connectivity index (χ1) is 14.0. The second-order valence-corrected chi connectivity index (χ2v) is 7.80. The molecule has 7 nitrogen and oxygen atoms in total. The molecule has 148 valence electrons. The lowest BCUT2D eigenvalue weighted by molar-refractivity contribution is 0.484. The van der Waals surface area contributed by atoms with Crippen LogP contribution >= 0.6 is 0 Å². The van der Waals surface area contributed by atoms with E-state index in [0.717, 1.165) is 47.7 Å². The summed E-state index contributed by atoms with van der Waals surface area (Å²) in [6.07, 6.45) is 3.76. The van der Waals surface area contributed by atoms with Gasteiger partial charge < -0.3 is 19.0 Å². The summed E-state index contributed by atoms with van der Waals surface area (Å²) in [6.45, 7) is 8.85. The van der Waals surface area contributed by atoms with Crippen LogP contribution in [0.15, 0.2) is 45.9 Å². The van der Waals surface area contributed by atoms with Gasteiger partial charge in [0.2, 0.25) is 0 Å². The van der Waals surface area contributed by atoms with Crippen molar-refractivity contribution in [2.45, 2.75) is 26.8 Å². The maximum Gasteiger partial charge on any atom is 0.345 e. The number of piperazine rings is 1. The minimum Gasteiger partial charge on any atom is -0.422 e. The topological polar surface area (TPSA) is 75.7 Å². The van der Waals surface area contributed by atoms with Crippen LogP contribution in [0.3, 0.4) is 0 Å². The second-order valence-electron chi connectivity index (χ2n) is 7.80. The monoisotopic (exact) mass is 389 g/mol. The first kappa shape index (κ1) is 17.9. The number of benzene rings is 1. The van der Waals surface area contributed by atoms with Gasteiger partial charge in [-0.05, 0) is 39.0 Å². The highest BCUT2D eigenvalue weighted by atomic mass is 16.4. The van der Waals surface area contributed by atoms with Crippen LogP contribution in [-0.2, 0) is 0 Å². The summed E-state index contributed by atoms with van der Waals surface area (Å²) >= 11 is 0. The van der Waals surface area contributed by atoms with E-state index >= 15 is 0 Å². The highest BCUT2D eigenvalue weighted by Gasteiger charge is 2.18. The van der Waals surface area contributed by atoms with Gasteiger partial charge in [-0.1, -0.05) is 0 Å². The van der Waals surface area contributed by atoms with E-state index in [1.165, 1.54) is 0 Å². The van der Waals surface area contributed by atoms with E-state index in [-0.39, 0.29) is 5.63 Å². The number of aryl methyl sites for hydroxylation is 2. The van der Waals surface area contributed by atoms with Crippen LogP contribution in [0.5, 0.6) is 0 Å². The largest absolute Gasteiger partial charge is 0.422 e. The summed E-state index contributed by atoms with van der Waals surface area (Å²) in [5.74, 6) is 0. The fourth-order valence-electron chi connectivity index (χ4n) is 4.08. The number of imidazole rings is 1. The first-order valence-corrected chi connectivity index (χ1v) is 9.87. The number of aromatic nitrogens is 3. The summed E-state index contributed by atoms with van der Waals surface area (Å²) in [6, 6.07) is 8.36. The van der Waals surface area contributed by atoms with Crippen molar-refractivity contribution >= 4 is 22.3 Å². The van der Waals surface area contributed by atoms with Gasteiger partial charge in [0.25, 0.3) is 0 Å². The van der Waals surface area contributed by atoms with Crippen LogP contribution in [0, 0.1) is 13.8 Å². The van der Waals surface area contributed by atoms with Gasteiger partial charge in [-0.25, -0.2) is 9.78 Å². The summed E-state index contributed by atoms with van der Waals surface area (Å²) in [4.78, 5) is 24.1. The molecule has 4 heterocycles. The maximum absolute atomic E-state index is 12.7. The lowest BCUT2D eigenvalue weighted by atomic mass is 10.1. The second kappa shape index (κ2) is 6.70. The molecule has 29 heavy (non-hydrogen) atoms. The van der Waals surface area contributed by atoms with Gasteiger partial charge in [-0.2, -0.15) is 0 Å². The number of rotatable bonds is 2. The molecule has 0 aliphatic carbocycles. The molecule has 7 heteroatoms. The number of nitrogens with one attached hydrogen (secondary N) is 1. The molecule has 0 spiro atoms. The Morgan fingerprint density at radius 1 is 1.17 bits per heavy atom. The number of nitrogens with zero attached hydrogens (tertiary/aromatic N) is 4. The molecule has 3 aromatic heterocycles. The Balaban J connectivity index is 1.58. The zero-order valence-corrected chi connectivity index (χ0v) is 16.8. The highest BCUT2D eigenvalue weighted by Crippen LogP contribution is 2.26. The Kier molecular flexibility index (Phi) is 4.13. The van der Waals surface area contributed by atoms with Gasteiger partial charge in [0, 0.05) is 55.2 Å². The minimum atomic E-state index is -0.380. The smallest absolute Gasteiger partial charge is 0.345 e. The van der Waals surface area contributed by atoms with Gasteiger partial charge >= 0.3 is 5.63 Å². The van der Waals surface area contributed by atoms with Crippen LogP contribution < -0.4 is 15.8 Å². The highest BCUT2D eigenvalue weighted by molar-refractivity contribution is 5.84. The van der Waals surface area contributed by atoms with E-state index in [9.17, 15) is 4.79 Å². The summed E-state index contributed by atoms with van der Waals surface area (Å²) in [5, 5.41) is 4.33. The predicted octanol–water partition coefficient (Wildman–Crippen LogP) is 2.92. The van der Waals surface area contributed by atoms with E-state index in [1.807, 2.05) is 48.8 Å². The SMILES string of the molecule is Cc1cn2cc(-c3cc4ccc(N5CCN[C@H](C)C5)cc4oc3=O)nc2c(C)n1. The average Bonchev–Trinajstić information content (AvgIpc) is 3.11. The van der Waals surface area contributed by atoms with E-state index in [0.29, 0.717) is 22.9 Å². The molecule has 1 saturated heterocycles. The first-order valence-electron chi connectivity index (χ1n) is 9.87. The summed E-state index contributed by atoms with van der Waals surface area (Å²) in [5.41, 5.74) is 4.82. The summed E-state index contributed by atoms with van der Waals surface area (Å²) < 4.78 is 7.60. The molecule has 5 rings (SSSR count). The standard InChI is InChI=1S/C22H23N5O2/c1-13-10-26(7-6-23-13)17-5-4-16-8-18(22(28)29-20(16)9-17)19-12-27-11-14(2)24-15(3)21(27)25-19/h4-5,8-9,11-13,23H,6-7,10H2,1-3H3/t13-/m1/s1. The molecule has 1 N–H and O–H groups in total. The number of hydrogen-bond acceptors (Lipinski definition) is 6. The van der Waals surface area contributed by atoms with Crippen molar-refractivity contribution in [1.82, 2.24) is 19.7 Å². The third kappa shape index (κ3) is 3.17. The maximum atomic E-state index is 12.7. The van der Waals surface area contributed by atoms with Gasteiger partial charge in [0.05, 0.1) is 22.6 Å². The number of fused-ring (bicyclic) bond motifs is 2. The lowest BCUT2D eigenvalue weighted by Gasteiger charge is -2.33. The van der Waals surface area contributed by atoms with Crippen LogP contribution in [0.2, 0.25) is 0 Å². The van der Waals surface area contributed by atoms with E-state index in [2.05, 4.69) is 33.2 Å². The van der Waals surface area contributed by atoms with Crippen LogP contribution in [-0.4, -0.2) is 40.0 Å². The molecule has 1 fully saturated rings. The Bertz CT molecular complexity index is 1290. The normalized spacial score (nSPS) is 17.3. The summed E-state index contributed by atoms with van der Waals surface area (Å²) in [7, 11) is 0. The number of hydrogen-bond donors (Lipinski definition) is 1. The zero-order valence-electron chi connectivity index (χ0n) is 16.8. The third-order valence-corrected chi connectivity index (χ3v) is 5.46. The van der Waals surface area contributed by atoms with Crippen molar-refractivity contribution in [1.29, 1.82) is 0 Å². The molecule has 0 amide bonds. The molecule has 0 unspecified atom stereocenters. The van der Waals surface area contributed by atoms with Crippen molar-refractivity contribution in [2.24, 2.45) is 0 Å². The van der Waals surface area contributed by atoms with Crippen molar-refractivity contribution in [3.63, 3.8) is 0 Å². The zero-order chi connectivity index (χ0) is 20.1. The van der Waals surface area contributed by atoms with Crippen molar-refractivity contribution < 1.29 is 4.42 Å². The van der Waals surface area contributed by atoms with E-state index in [1.54, 1.807) is 0 Å². The molecule has 0 radical (unpaired) electrons. The van der Waals surface area contributed by atoms with Gasteiger partial charge in [0.1, 0.15) is 5.58 Å². The van der Waals surface area contributed by atoms with Crippen molar-refractivity contribution in [2.75, 3.05) is 24.5 Å². The molecule has 1 aromatic carbocycles. The fourth-order valence-corrected chi connectivity index (χ4v) is 4.08. The van der Waals surface area contributed by atoms with Gasteiger partial charge in [-0.15, -0.1) is 0 Å². The van der Waals surface area contributed by atoms with Gasteiger partial charge in [-0.3, -0.25) is 4.98 Å². The Morgan fingerprint density at radius 3 is 2.86 bits per heavy atom. The molecule has 1 aliphatic heterocycles. The molecule has 0 saturated carbocycles. The van der Waals surface area contributed by atoms with E-state index in [4.69, 9.17) is 4.42 Å². The van der Waals surface area contributed by atoms with Crippen LogP contribution in [0.25, 0.3) is 27.9 Å². The van der Waals surface area contributed by atoms with Gasteiger partial charge in [0.15, 0.2) is 5.65 Å². The molecular weight excluding hydrogens is 366 g/mol. The molecule has 0 bridgehead atoms. The quantitative estimate of drug-likeness (QED) is 0.531. The van der Waals surface area contributed by atoms with Crippen LogP contribution in [0.4, 0.5) is 5.69 Å². The lowest BCUT2D eigenvalue weighted by Crippen LogP contribution is -2.49. The fraction of sp³-hybridized carbons (Fsp3) is 0.318. The van der Waals surface area contributed by atoms with Crippen molar-refractivity contribution in [3.05, 3.63) is 58.5 Å². The third-order valence-electron chi connectivity index (χ3n) is 5.46. The molecule has 4 aromatic rings. The van der Waals surface area contributed by atoms with Crippen molar-refractivity contribution in [3.8, 4) is 11.3 Å². The molecule has 1 aliphatic rings. The predicted molar refractivity (Wildman–Crippen MR) is 114 cm³/mol. The Hall–Kier alpha value is -3.19. The Morgan fingerprint density at radius 2 is 2.03 bits per heavy atom. The van der Waals surface area contributed by atoms with Crippen LogP contribution in [0.1, 0.15) is 18.3 Å². The average molecular weight is 389 g/mol.